The Morgan fingerprint density at radius 3 is 1.43 bits per heavy atom. The average molecular weight is 393 g/mol. The van der Waals surface area contributed by atoms with Crippen molar-refractivity contribution in [2.45, 2.75) is 0 Å². The van der Waals surface area contributed by atoms with Crippen molar-refractivity contribution in [2.24, 2.45) is 0 Å². The largest absolute Gasteiger partial charge is 4.00 e. The summed E-state index contributed by atoms with van der Waals surface area (Å²) in [6.07, 6.45) is 0. The van der Waals surface area contributed by atoms with Crippen LogP contribution in [0.5, 0.6) is 0 Å². The standard InChI is InChI=1S/C6H14N3.C6H5.2CH3.3ClH.Ti/c1-2-8-5-6-9-4-3-7-1;1-2-4-6-5-3-1;;;;;;/h7-8H,1-6H2;1-5H;2*1H3;3*1H;/q4*-1;;;;+4. The van der Waals surface area contributed by atoms with Crippen LogP contribution >= 0.6 is 37.2 Å². The molecular weight excluding hydrogens is 364 g/mol. The summed E-state index contributed by atoms with van der Waals surface area (Å²) in [6.45, 7) is 6.19. The van der Waals surface area contributed by atoms with E-state index in [1.54, 1.807) is 0 Å². The number of nitrogens with one attached hydrogen (secondary N) is 2. The second kappa shape index (κ2) is 32.6. The summed E-state index contributed by atoms with van der Waals surface area (Å²) >= 11 is 0. The van der Waals surface area contributed by atoms with E-state index in [4.69, 9.17) is 0 Å². The van der Waals surface area contributed by atoms with Crippen LogP contribution in [0.25, 0.3) is 5.32 Å². The summed E-state index contributed by atoms with van der Waals surface area (Å²) in [5.41, 5.74) is 0. The van der Waals surface area contributed by atoms with Crippen LogP contribution in [0.3, 0.4) is 0 Å². The zero-order valence-corrected chi connectivity index (χ0v) is 16.8. The third kappa shape index (κ3) is 29.4. The molecule has 7 heteroatoms. The van der Waals surface area contributed by atoms with Crippen molar-refractivity contribution in [2.75, 3.05) is 39.3 Å². The summed E-state index contributed by atoms with van der Waals surface area (Å²) in [7, 11) is 0. The summed E-state index contributed by atoms with van der Waals surface area (Å²) < 4.78 is 0. The van der Waals surface area contributed by atoms with Gasteiger partial charge in [-0.1, -0.05) is 0 Å². The Labute approximate surface area is 164 Å². The molecule has 0 radical (unpaired) electrons. The molecule has 1 heterocycles. The van der Waals surface area contributed by atoms with E-state index in [9.17, 15) is 0 Å². The normalized spacial score (nSPS) is 12.6. The van der Waals surface area contributed by atoms with E-state index in [2.05, 4.69) is 22.0 Å². The number of rotatable bonds is 0. The Bertz CT molecular complexity index is 177. The van der Waals surface area contributed by atoms with Gasteiger partial charge >= 0.3 is 21.7 Å². The molecule has 0 bridgehead atoms. The Morgan fingerprint density at radius 1 is 0.714 bits per heavy atom. The molecule has 1 aromatic carbocycles. The molecule has 0 unspecified atom stereocenters. The molecule has 0 amide bonds. The van der Waals surface area contributed by atoms with E-state index in [0.717, 1.165) is 39.3 Å². The van der Waals surface area contributed by atoms with E-state index in [1.807, 2.05) is 30.3 Å². The van der Waals surface area contributed by atoms with Crippen LogP contribution in [-0.2, 0) is 21.7 Å². The number of halogens is 3. The van der Waals surface area contributed by atoms with Crippen molar-refractivity contribution in [1.29, 1.82) is 0 Å². The van der Waals surface area contributed by atoms with Gasteiger partial charge < -0.3 is 30.8 Å². The van der Waals surface area contributed by atoms with E-state index in [1.165, 1.54) is 0 Å². The average Bonchev–Trinajstić information content (AvgIpc) is 2.47. The minimum Gasteiger partial charge on any atom is -0.660 e. The maximum absolute atomic E-state index is 4.27. The van der Waals surface area contributed by atoms with Gasteiger partial charge in [0.25, 0.3) is 0 Å². The van der Waals surface area contributed by atoms with E-state index < -0.39 is 0 Å². The van der Waals surface area contributed by atoms with Crippen LogP contribution in [0.15, 0.2) is 30.3 Å². The molecule has 0 atom stereocenters. The first-order chi connectivity index (χ1) is 7.50. The minimum atomic E-state index is 0. The van der Waals surface area contributed by atoms with Crippen LogP contribution in [0, 0.1) is 20.9 Å². The fraction of sp³-hybridized carbons (Fsp3) is 0.429. The monoisotopic (exact) mass is 391 g/mol. The van der Waals surface area contributed by atoms with Gasteiger partial charge in [-0.2, -0.15) is 36.4 Å². The molecule has 1 aliphatic heterocycles. The van der Waals surface area contributed by atoms with Crippen LogP contribution in [0.4, 0.5) is 0 Å². The van der Waals surface area contributed by atoms with Gasteiger partial charge in [-0.15, -0.1) is 50.3 Å². The first-order valence-electron chi connectivity index (χ1n) is 5.46. The molecule has 2 N–H and O–H groups in total. The molecule has 0 spiro atoms. The fourth-order valence-electron chi connectivity index (χ4n) is 1.20. The third-order valence-electron chi connectivity index (χ3n) is 1.98. The molecular formula is C14H28Cl3N3Ti. The van der Waals surface area contributed by atoms with Crippen molar-refractivity contribution < 1.29 is 21.7 Å². The first-order valence-corrected chi connectivity index (χ1v) is 5.46. The molecule has 0 saturated carbocycles. The van der Waals surface area contributed by atoms with Gasteiger partial charge in [-0.25, -0.2) is 0 Å². The van der Waals surface area contributed by atoms with Gasteiger partial charge in [0.2, 0.25) is 0 Å². The van der Waals surface area contributed by atoms with Crippen molar-refractivity contribution in [3.05, 3.63) is 56.6 Å². The van der Waals surface area contributed by atoms with Crippen molar-refractivity contribution in [1.82, 2.24) is 10.6 Å². The third-order valence-corrected chi connectivity index (χ3v) is 1.98. The van der Waals surface area contributed by atoms with Gasteiger partial charge in [-0.3, -0.25) is 0 Å². The van der Waals surface area contributed by atoms with Crippen molar-refractivity contribution in [3.8, 4) is 0 Å². The maximum atomic E-state index is 4.27. The molecule has 2 rings (SSSR count). The zero-order valence-electron chi connectivity index (χ0n) is 12.8. The quantitative estimate of drug-likeness (QED) is 0.526. The molecule has 21 heavy (non-hydrogen) atoms. The van der Waals surface area contributed by atoms with Crippen LogP contribution in [0.2, 0.25) is 0 Å². The fourth-order valence-corrected chi connectivity index (χ4v) is 1.20. The van der Waals surface area contributed by atoms with E-state index >= 15 is 0 Å². The number of hydrogen-bond donors (Lipinski definition) is 2. The molecule has 0 aliphatic carbocycles. The van der Waals surface area contributed by atoms with Gasteiger partial charge in [0.1, 0.15) is 0 Å². The Kier molecular flexibility index (Phi) is 58.5. The van der Waals surface area contributed by atoms with Crippen LogP contribution in [0.1, 0.15) is 0 Å². The molecule has 1 aliphatic rings. The molecule has 3 nitrogen and oxygen atoms in total. The topological polar surface area (TPSA) is 38.2 Å². The number of nitrogens with zero attached hydrogens (tertiary/aromatic N) is 1. The van der Waals surface area contributed by atoms with Crippen molar-refractivity contribution in [3.63, 3.8) is 0 Å². The van der Waals surface area contributed by atoms with Gasteiger partial charge in [0.15, 0.2) is 0 Å². The van der Waals surface area contributed by atoms with E-state index in [0.29, 0.717) is 0 Å². The zero-order chi connectivity index (χ0) is 10.6. The van der Waals surface area contributed by atoms with Crippen LogP contribution in [-0.4, -0.2) is 39.3 Å². The van der Waals surface area contributed by atoms with Gasteiger partial charge in [0.05, 0.1) is 0 Å². The second-order valence-electron chi connectivity index (χ2n) is 3.25. The Morgan fingerprint density at radius 2 is 1.14 bits per heavy atom. The van der Waals surface area contributed by atoms with Crippen molar-refractivity contribution >= 4 is 37.2 Å². The number of hydrogen-bond acceptors (Lipinski definition) is 2. The molecule has 124 valence electrons. The first kappa shape index (κ1) is 37.7. The SMILES string of the molecule is C1CNCCNCC[N-]1.Cl.Cl.Cl.[CH3-].[CH3-].[Ti+4].[c-]1ccccc1. The molecule has 1 saturated heterocycles. The summed E-state index contributed by atoms with van der Waals surface area (Å²) in [5, 5.41) is 10.8. The van der Waals surface area contributed by atoms with Gasteiger partial charge in [-0.05, 0) is 13.1 Å². The summed E-state index contributed by atoms with van der Waals surface area (Å²) in [6, 6.07) is 12.5. The van der Waals surface area contributed by atoms with E-state index in [-0.39, 0.29) is 73.8 Å². The predicted octanol–water partition coefficient (Wildman–Crippen LogP) is 3.20. The predicted molar refractivity (Wildman–Crippen MR) is 98.7 cm³/mol. The van der Waals surface area contributed by atoms with Gasteiger partial charge in [0, 0.05) is 13.1 Å². The molecule has 1 fully saturated rings. The summed E-state index contributed by atoms with van der Waals surface area (Å²) in [5.74, 6) is 0. The number of benzene rings is 1. The maximum Gasteiger partial charge on any atom is 4.00 e. The minimum absolute atomic E-state index is 0. The second-order valence-corrected chi connectivity index (χ2v) is 3.25. The Hall–Kier alpha value is 0.684. The molecule has 0 aromatic heterocycles. The molecule has 1 aromatic rings. The Balaban J connectivity index is -0.0000000431. The summed E-state index contributed by atoms with van der Waals surface area (Å²) in [4.78, 5) is 0. The van der Waals surface area contributed by atoms with Crippen LogP contribution < -0.4 is 10.6 Å². The smallest absolute Gasteiger partial charge is 0.660 e.